The van der Waals surface area contributed by atoms with Crippen molar-refractivity contribution < 1.29 is 27.9 Å². The summed E-state index contributed by atoms with van der Waals surface area (Å²) in [6.07, 6.45) is 7.92. The van der Waals surface area contributed by atoms with Crippen molar-refractivity contribution in [3.63, 3.8) is 0 Å². The molecule has 3 amide bonds. The number of alkyl carbamates (subject to hydrolysis) is 1. The van der Waals surface area contributed by atoms with Crippen LogP contribution in [0.1, 0.15) is 69.3 Å². The number of halogens is 2. The number of benzene rings is 1. The summed E-state index contributed by atoms with van der Waals surface area (Å²) in [4.78, 5) is 37.3. The van der Waals surface area contributed by atoms with Gasteiger partial charge in [0, 0.05) is 30.8 Å². The fraction of sp³-hybridized carbons (Fsp3) is 0.625. The molecule has 0 radical (unpaired) electrons. The molecule has 2 saturated carbocycles. The van der Waals surface area contributed by atoms with Crippen LogP contribution >= 0.6 is 0 Å². The Kier molecular flexibility index (Phi) is 5.74. The molecule has 1 spiro atoms. The van der Waals surface area contributed by atoms with Gasteiger partial charge in [-0.3, -0.25) is 14.9 Å². The summed E-state index contributed by atoms with van der Waals surface area (Å²) < 4.78 is 35.0. The van der Waals surface area contributed by atoms with Crippen LogP contribution in [0.15, 0.2) is 12.1 Å². The van der Waals surface area contributed by atoms with E-state index in [2.05, 4.69) is 10.6 Å². The number of piperidine rings is 1. The van der Waals surface area contributed by atoms with E-state index >= 15 is 0 Å². The van der Waals surface area contributed by atoms with Crippen LogP contribution in [0.2, 0.25) is 0 Å². The quantitative estimate of drug-likeness (QED) is 0.670. The second kappa shape index (κ2) is 8.57. The van der Waals surface area contributed by atoms with Gasteiger partial charge in [0.2, 0.25) is 11.8 Å². The van der Waals surface area contributed by atoms with Crippen LogP contribution in [0.4, 0.5) is 19.3 Å². The summed E-state index contributed by atoms with van der Waals surface area (Å²) >= 11 is 0. The van der Waals surface area contributed by atoms with Crippen molar-refractivity contribution in [1.29, 1.82) is 0 Å². The molecule has 9 heteroatoms. The van der Waals surface area contributed by atoms with Gasteiger partial charge in [0.25, 0.3) is 0 Å². The van der Waals surface area contributed by atoms with Crippen LogP contribution in [0.5, 0.6) is 0 Å². The fourth-order valence-electron chi connectivity index (χ4n) is 5.89. The molecule has 5 rings (SSSR count). The molecular formula is C24H29F2N3O4. The third-order valence-corrected chi connectivity index (χ3v) is 7.73. The Labute approximate surface area is 191 Å². The molecule has 4 aliphatic rings. The Hall–Kier alpha value is -2.71. The van der Waals surface area contributed by atoms with Crippen molar-refractivity contribution in [1.82, 2.24) is 10.6 Å². The molecule has 1 aromatic carbocycles. The fourth-order valence-corrected chi connectivity index (χ4v) is 5.89. The Morgan fingerprint density at radius 3 is 2.39 bits per heavy atom. The van der Waals surface area contributed by atoms with Crippen LogP contribution in [-0.2, 0) is 14.3 Å². The number of imide groups is 1. The lowest BCUT2D eigenvalue weighted by molar-refractivity contribution is -0.134. The Morgan fingerprint density at radius 1 is 1.09 bits per heavy atom. The first-order chi connectivity index (χ1) is 15.8. The highest BCUT2D eigenvalue weighted by Gasteiger charge is 2.46. The smallest absolute Gasteiger partial charge is 0.407 e. The average Bonchev–Trinajstić information content (AvgIpc) is 2.71. The predicted molar refractivity (Wildman–Crippen MR) is 116 cm³/mol. The zero-order chi connectivity index (χ0) is 23.2. The summed E-state index contributed by atoms with van der Waals surface area (Å²) in [6, 6.07) is 2.26. The monoisotopic (exact) mass is 461 g/mol. The van der Waals surface area contributed by atoms with Gasteiger partial charge in [-0.05, 0) is 49.7 Å². The molecule has 1 unspecified atom stereocenters. The molecular weight excluding hydrogens is 432 g/mol. The highest BCUT2D eigenvalue weighted by molar-refractivity contribution is 6.01. The number of anilines is 1. The number of rotatable bonds is 4. The standard InChI is InChI=1S/C24H29F2N3O4/c25-18-8-15(9-19(26)21(18)17-4-5-20(30)28-22(17)31)29-12-14(13-29)27-23(32)33-16-10-24(11-16)6-2-1-3-7-24/h8-9,14,16-17H,1-7,10-13H2,(H,27,32)(H,28,30,31). The number of carbonyl (C=O) groups is 3. The molecule has 2 aliphatic heterocycles. The molecule has 1 aromatic rings. The van der Waals surface area contributed by atoms with Crippen molar-refractivity contribution in [2.45, 2.75) is 75.9 Å². The Morgan fingerprint density at radius 2 is 1.76 bits per heavy atom. The van der Waals surface area contributed by atoms with Gasteiger partial charge in [0.1, 0.15) is 17.7 Å². The SMILES string of the molecule is O=C1CCC(c2c(F)cc(N3CC(NC(=O)OC4CC5(CCCCC5)C4)C3)cc2F)C(=O)N1. The molecule has 0 bridgehead atoms. The molecule has 2 aliphatic carbocycles. The van der Waals surface area contributed by atoms with Gasteiger partial charge >= 0.3 is 6.09 Å². The minimum Gasteiger partial charge on any atom is -0.446 e. The Bertz CT molecular complexity index is 941. The largest absolute Gasteiger partial charge is 0.446 e. The number of ether oxygens (including phenoxy) is 1. The van der Waals surface area contributed by atoms with Gasteiger partial charge in [-0.15, -0.1) is 0 Å². The van der Waals surface area contributed by atoms with E-state index in [4.69, 9.17) is 4.74 Å². The molecule has 7 nitrogen and oxygen atoms in total. The van der Waals surface area contributed by atoms with E-state index in [1.165, 1.54) is 44.2 Å². The normalized spacial score (nSPS) is 25.3. The molecule has 2 heterocycles. The van der Waals surface area contributed by atoms with Crippen LogP contribution < -0.4 is 15.5 Å². The van der Waals surface area contributed by atoms with Gasteiger partial charge in [0.15, 0.2) is 0 Å². The predicted octanol–water partition coefficient (Wildman–Crippen LogP) is 3.51. The maximum atomic E-state index is 14.7. The van der Waals surface area contributed by atoms with Gasteiger partial charge in [0.05, 0.1) is 12.0 Å². The second-order valence-corrected chi connectivity index (χ2v) is 10.1. The zero-order valence-electron chi connectivity index (χ0n) is 18.5. The third kappa shape index (κ3) is 4.42. The lowest BCUT2D eigenvalue weighted by Gasteiger charge is -2.49. The van der Waals surface area contributed by atoms with E-state index < -0.39 is 35.5 Å². The van der Waals surface area contributed by atoms with Crippen molar-refractivity contribution >= 4 is 23.6 Å². The number of nitrogens with zero attached hydrogens (tertiary/aromatic N) is 1. The van der Waals surface area contributed by atoms with Crippen molar-refractivity contribution in [3.05, 3.63) is 29.3 Å². The minimum absolute atomic E-state index is 0.0118. The van der Waals surface area contributed by atoms with E-state index in [9.17, 15) is 23.2 Å². The molecule has 178 valence electrons. The maximum Gasteiger partial charge on any atom is 0.407 e. The highest BCUT2D eigenvalue weighted by atomic mass is 19.1. The molecule has 1 atom stereocenters. The molecule has 2 saturated heterocycles. The summed E-state index contributed by atoms with van der Waals surface area (Å²) in [5.74, 6) is -3.74. The average molecular weight is 462 g/mol. The zero-order valence-corrected chi connectivity index (χ0v) is 18.5. The second-order valence-electron chi connectivity index (χ2n) is 10.1. The van der Waals surface area contributed by atoms with Crippen LogP contribution in [0.25, 0.3) is 0 Å². The first-order valence-electron chi connectivity index (χ1n) is 11.9. The van der Waals surface area contributed by atoms with E-state index in [0.29, 0.717) is 24.2 Å². The van der Waals surface area contributed by atoms with Crippen LogP contribution in [-0.4, -0.2) is 43.1 Å². The van der Waals surface area contributed by atoms with E-state index in [1.54, 1.807) is 4.90 Å². The number of nitrogens with one attached hydrogen (secondary N) is 2. The summed E-state index contributed by atoms with van der Waals surface area (Å²) in [5, 5.41) is 4.96. The summed E-state index contributed by atoms with van der Waals surface area (Å²) in [6.45, 7) is 0.834. The van der Waals surface area contributed by atoms with Crippen LogP contribution in [0, 0.1) is 17.0 Å². The van der Waals surface area contributed by atoms with Crippen molar-refractivity contribution in [2.75, 3.05) is 18.0 Å². The van der Waals surface area contributed by atoms with Gasteiger partial charge in [-0.2, -0.15) is 0 Å². The third-order valence-electron chi connectivity index (χ3n) is 7.73. The summed E-state index contributed by atoms with van der Waals surface area (Å²) in [7, 11) is 0. The number of amides is 3. The summed E-state index contributed by atoms with van der Waals surface area (Å²) in [5.41, 5.74) is 0.439. The molecule has 33 heavy (non-hydrogen) atoms. The van der Waals surface area contributed by atoms with Crippen molar-refractivity contribution in [2.24, 2.45) is 5.41 Å². The number of carbonyl (C=O) groups excluding carboxylic acids is 3. The van der Waals surface area contributed by atoms with E-state index in [1.807, 2.05) is 0 Å². The topological polar surface area (TPSA) is 87.7 Å². The molecule has 2 N–H and O–H groups in total. The van der Waals surface area contributed by atoms with Gasteiger partial charge in [-0.25, -0.2) is 13.6 Å². The first-order valence-corrected chi connectivity index (χ1v) is 11.9. The van der Waals surface area contributed by atoms with Gasteiger partial charge < -0.3 is 15.0 Å². The first kappa shape index (κ1) is 22.1. The van der Waals surface area contributed by atoms with E-state index in [-0.39, 0.29) is 30.6 Å². The van der Waals surface area contributed by atoms with E-state index in [0.717, 1.165) is 12.8 Å². The maximum absolute atomic E-state index is 14.7. The lowest BCUT2D eigenvalue weighted by atomic mass is 9.59. The highest BCUT2D eigenvalue weighted by Crippen LogP contribution is 2.52. The molecule has 0 aromatic heterocycles. The lowest BCUT2D eigenvalue weighted by Crippen LogP contribution is -2.60. The van der Waals surface area contributed by atoms with Gasteiger partial charge in [-0.1, -0.05) is 19.3 Å². The van der Waals surface area contributed by atoms with Crippen molar-refractivity contribution in [3.8, 4) is 0 Å². The number of hydrogen-bond acceptors (Lipinski definition) is 5. The molecule has 4 fully saturated rings. The minimum atomic E-state index is -1.02. The van der Waals surface area contributed by atoms with Crippen LogP contribution in [0.3, 0.4) is 0 Å². The number of hydrogen-bond donors (Lipinski definition) is 2. The Balaban J connectivity index is 1.11.